The zero-order valence-corrected chi connectivity index (χ0v) is 12.2. The maximum atomic E-state index is 11.3. The summed E-state index contributed by atoms with van der Waals surface area (Å²) in [6, 6.07) is 7.43. The lowest BCUT2D eigenvalue weighted by molar-refractivity contribution is -0.153. The Hall–Kier alpha value is -1.56. The largest absolute Gasteiger partial charge is 0.494 e. The molecule has 5 nitrogen and oxygen atoms in total. The zero-order chi connectivity index (χ0) is 14.3. The number of primary amides is 1. The lowest BCUT2D eigenvalue weighted by Crippen LogP contribution is -2.30. The summed E-state index contributed by atoms with van der Waals surface area (Å²) >= 11 is 3.34. The second-order valence-electron chi connectivity index (χ2n) is 3.94. The molecule has 1 amide bonds. The highest BCUT2D eigenvalue weighted by molar-refractivity contribution is 9.10. The van der Waals surface area contributed by atoms with Gasteiger partial charge in [0.25, 0.3) is 5.91 Å². The molecule has 0 heterocycles. The first kappa shape index (κ1) is 15.5. The van der Waals surface area contributed by atoms with Gasteiger partial charge >= 0.3 is 5.97 Å². The van der Waals surface area contributed by atoms with Gasteiger partial charge in [0.05, 0.1) is 6.61 Å². The summed E-state index contributed by atoms with van der Waals surface area (Å²) in [6.45, 7) is 1.84. The van der Waals surface area contributed by atoms with E-state index in [4.69, 9.17) is 15.2 Å². The molecule has 0 fully saturated rings. The number of carbonyl (C=O) groups is 2. The smallest absolute Gasteiger partial charge is 0.306 e. The van der Waals surface area contributed by atoms with Crippen molar-refractivity contribution in [1.82, 2.24) is 0 Å². The Morgan fingerprint density at radius 3 is 2.79 bits per heavy atom. The van der Waals surface area contributed by atoms with Crippen molar-refractivity contribution in [2.75, 3.05) is 6.61 Å². The number of amides is 1. The molecule has 1 rings (SSSR count). The molecular weight excluding hydrogens is 314 g/mol. The summed E-state index contributed by atoms with van der Waals surface area (Å²) in [7, 11) is 0. The van der Waals surface area contributed by atoms with Crippen molar-refractivity contribution >= 4 is 27.8 Å². The van der Waals surface area contributed by atoms with E-state index >= 15 is 0 Å². The molecule has 104 valence electrons. The Labute approximate surface area is 120 Å². The van der Waals surface area contributed by atoms with Gasteiger partial charge in [-0.1, -0.05) is 22.0 Å². The van der Waals surface area contributed by atoms with Crippen LogP contribution in [0.4, 0.5) is 0 Å². The molecule has 0 aliphatic carbocycles. The van der Waals surface area contributed by atoms with Crippen LogP contribution in [0.3, 0.4) is 0 Å². The molecular formula is C13H16BrNO4. The van der Waals surface area contributed by atoms with Gasteiger partial charge in [0, 0.05) is 10.9 Å². The number of carbonyl (C=O) groups excluding carboxylic acids is 2. The molecule has 0 bridgehead atoms. The normalized spacial score (nSPS) is 11.7. The van der Waals surface area contributed by atoms with Gasteiger partial charge in [-0.15, -0.1) is 0 Å². The van der Waals surface area contributed by atoms with E-state index in [1.165, 1.54) is 6.92 Å². The highest BCUT2D eigenvalue weighted by atomic mass is 79.9. The lowest BCUT2D eigenvalue weighted by atomic mass is 10.3. The van der Waals surface area contributed by atoms with Gasteiger partial charge in [0.2, 0.25) is 0 Å². The van der Waals surface area contributed by atoms with Crippen molar-refractivity contribution in [2.24, 2.45) is 5.73 Å². The minimum absolute atomic E-state index is 0.186. The average molecular weight is 330 g/mol. The van der Waals surface area contributed by atoms with Gasteiger partial charge in [-0.3, -0.25) is 9.59 Å². The zero-order valence-electron chi connectivity index (χ0n) is 10.6. The van der Waals surface area contributed by atoms with Crippen molar-refractivity contribution in [2.45, 2.75) is 25.9 Å². The van der Waals surface area contributed by atoms with Crippen molar-refractivity contribution in [3.05, 3.63) is 28.7 Å². The van der Waals surface area contributed by atoms with E-state index in [1.54, 1.807) is 0 Å². The van der Waals surface area contributed by atoms with Crippen LogP contribution in [0, 0.1) is 0 Å². The van der Waals surface area contributed by atoms with E-state index in [1.807, 2.05) is 24.3 Å². The maximum Gasteiger partial charge on any atom is 0.306 e. The molecule has 0 unspecified atom stereocenters. The predicted molar refractivity (Wildman–Crippen MR) is 73.6 cm³/mol. The van der Waals surface area contributed by atoms with Gasteiger partial charge < -0.3 is 15.2 Å². The molecule has 2 N–H and O–H groups in total. The van der Waals surface area contributed by atoms with Crippen LogP contribution in [-0.4, -0.2) is 24.6 Å². The minimum atomic E-state index is -0.890. The summed E-state index contributed by atoms with van der Waals surface area (Å²) in [5.41, 5.74) is 4.98. The average Bonchev–Trinajstić information content (AvgIpc) is 2.34. The standard InChI is InChI=1S/C13H16BrNO4/c1-9(13(15)17)19-12(16)6-3-7-18-11-5-2-4-10(14)8-11/h2,4-5,8-9H,3,6-7H2,1H3,(H2,15,17)/t9-/m0/s1. The fourth-order valence-electron chi connectivity index (χ4n) is 1.28. The third-order valence-corrected chi connectivity index (χ3v) is 2.79. The molecule has 1 aromatic carbocycles. The number of halogens is 1. The molecule has 1 aromatic rings. The Morgan fingerprint density at radius 1 is 1.42 bits per heavy atom. The van der Waals surface area contributed by atoms with Crippen LogP contribution in [-0.2, 0) is 14.3 Å². The van der Waals surface area contributed by atoms with Gasteiger partial charge in [0.15, 0.2) is 6.10 Å². The molecule has 0 aliphatic rings. The molecule has 0 radical (unpaired) electrons. The van der Waals surface area contributed by atoms with Crippen molar-refractivity contribution < 1.29 is 19.1 Å². The third kappa shape index (κ3) is 6.24. The number of benzene rings is 1. The summed E-state index contributed by atoms with van der Waals surface area (Å²) in [6.07, 6.45) is -0.193. The molecule has 6 heteroatoms. The number of hydrogen-bond donors (Lipinski definition) is 1. The molecule has 0 saturated carbocycles. The van der Waals surface area contributed by atoms with Gasteiger partial charge in [0.1, 0.15) is 5.75 Å². The monoisotopic (exact) mass is 329 g/mol. The van der Waals surface area contributed by atoms with Crippen LogP contribution < -0.4 is 10.5 Å². The van der Waals surface area contributed by atoms with Crippen molar-refractivity contribution in [3.8, 4) is 5.75 Å². The van der Waals surface area contributed by atoms with Crippen LogP contribution in [0.2, 0.25) is 0 Å². The number of ether oxygens (including phenoxy) is 2. The summed E-state index contributed by atoms with van der Waals surface area (Å²) in [5.74, 6) is -0.379. The predicted octanol–water partition coefficient (Wildman–Crippen LogP) is 2.03. The Kier molecular flexibility index (Phi) is 6.35. The van der Waals surface area contributed by atoms with Crippen molar-refractivity contribution in [1.29, 1.82) is 0 Å². The maximum absolute atomic E-state index is 11.3. The first-order chi connectivity index (χ1) is 8.99. The highest BCUT2D eigenvalue weighted by Gasteiger charge is 2.13. The van der Waals surface area contributed by atoms with Crippen LogP contribution in [0.1, 0.15) is 19.8 Å². The van der Waals surface area contributed by atoms with E-state index < -0.39 is 18.0 Å². The molecule has 0 aliphatic heterocycles. The topological polar surface area (TPSA) is 78.6 Å². The molecule has 19 heavy (non-hydrogen) atoms. The fraction of sp³-hybridized carbons (Fsp3) is 0.385. The fourth-order valence-corrected chi connectivity index (χ4v) is 1.66. The highest BCUT2D eigenvalue weighted by Crippen LogP contribution is 2.17. The van der Waals surface area contributed by atoms with E-state index in [-0.39, 0.29) is 6.42 Å². The number of hydrogen-bond acceptors (Lipinski definition) is 4. The van der Waals surface area contributed by atoms with Crippen LogP contribution in [0.25, 0.3) is 0 Å². The lowest BCUT2D eigenvalue weighted by Gasteiger charge is -2.10. The Bertz CT molecular complexity index is 450. The van der Waals surface area contributed by atoms with Crippen LogP contribution >= 0.6 is 15.9 Å². The van der Waals surface area contributed by atoms with Crippen LogP contribution in [0.15, 0.2) is 28.7 Å². The van der Waals surface area contributed by atoms with E-state index in [0.29, 0.717) is 13.0 Å². The van der Waals surface area contributed by atoms with Gasteiger partial charge in [-0.2, -0.15) is 0 Å². The Morgan fingerprint density at radius 2 is 2.16 bits per heavy atom. The quantitative estimate of drug-likeness (QED) is 0.613. The molecule has 1 atom stereocenters. The summed E-state index contributed by atoms with van der Waals surface area (Å²) in [5, 5.41) is 0. The second-order valence-corrected chi connectivity index (χ2v) is 4.86. The van der Waals surface area contributed by atoms with E-state index in [0.717, 1.165) is 10.2 Å². The first-order valence-electron chi connectivity index (χ1n) is 5.86. The van der Waals surface area contributed by atoms with Crippen LogP contribution in [0.5, 0.6) is 5.75 Å². The number of rotatable bonds is 7. The number of nitrogens with two attached hydrogens (primary N) is 1. The van der Waals surface area contributed by atoms with Gasteiger partial charge in [-0.25, -0.2) is 0 Å². The SMILES string of the molecule is C[C@H](OC(=O)CCCOc1cccc(Br)c1)C(N)=O. The Balaban J connectivity index is 2.20. The molecule has 0 aromatic heterocycles. The molecule has 0 saturated heterocycles. The minimum Gasteiger partial charge on any atom is -0.494 e. The van der Waals surface area contributed by atoms with Crippen molar-refractivity contribution in [3.63, 3.8) is 0 Å². The second kappa shape index (κ2) is 7.78. The van der Waals surface area contributed by atoms with E-state index in [9.17, 15) is 9.59 Å². The first-order valence-corrected chi connectivity index (χ1v) is 6.65. The van der Waals surface area contributed by atoms with E-state index in [2.05, 4.69) is 15.9 Å². The third-order valence-electron chi connectivity index (χ3n) is 2.30. The number of esters is 1. The summed E-state index contributed by atoms with van der Waals surface area (Å²) < 4.78 is 11.2. The van der Waals surface area contributed by atoms with Gasteiger partial charge in [-0.05, 0) is 31.5 Å². The summed E-state index contributed by atoms with van der Waals surface area (Å²) in [4.78, 5) is 22.0. The molecule has 0 spiro atoms.